The third kappa shape index (κ3) is 5.21. The van der Waals surface area contributed by atoms with E-state index in [0.29, 0.717) is 29.8 Å². The normalized spacial score (nSPS) is 19.0. The number of dihydropyridines is 1. The van der Waals surface area contributed by atoms with Crippen LogP contribution in [-0.2, 0) is 0 Å². The lowest BCUT2D eigenvalue weighted by atomic mass is 9.82. The molecule has 6 nitrogen and oxygen atoms in total. The molecule has 1 spiro atoms. The van der Waals surface area contributed by atoms with Gasteiger partial charge in [0.05, 0.1) is 12.0 Å². The predicted octanol–water partition coefficient (Wildman–Crippen LogP) is 4.63. The molecule has 0 unspecified atom stereocenters. The van der Waals surface area contributed by atoms with Crippen molar-refractivity contribution in [1.82, 2.24) is 15.5 Å². The van der Waals surface area contributed by atoms with Crippen molar-refractivity contribution in [3.63, 3.8) is 0 Å². The maximum absolute atomic E-state index is 13.3. The van der Waals surface area contributed by atoms with Crippen LogP contribution in [0.2, 0.25) is 0 Å². The standard InChI is InChI=1S/C29H32FN3O3/c1-2-11-33-12-9-29(10-13-33)16-26(34)25-15-23(7-8-27(25)36-29)21-3-5-22(6-4-21)28(35)32-18-20-14-24(30)19-31-17-20/h3-8,14-15,19,31H,2,9-13,16-18H2,1H3,(H,32,35). The minimum Gasteiger partial charge on any atom is -0.486 e. The van der Waals surface area contributed by atoms with Crippen molar-refractivity contribution in [2.45, 2.75) is 38.2 Å². The van der Waals surface area contributed by atoms with Crippen molar-refractivity contribution in [2.24, 2.45) is 0 Å². The van der Waals surface area contributed by atoms with Crippen molar-refractivity contribution in [3.8, 4) is 16.9 Å². The van der Waals surface area contributed by atoms with Gasteiger partial charge in [0.2, 0.25) is 0 Å². The Balaban J connectivity index is 1.24. The van der Waals surface area contributed by atoms with E-state index in [0.717, 1.165) is 55.6 Å². The first kappa shape index (κ1) is 24.3. The summed E-state index contributed by atoms with van der Waals surface area (Å²) < 4.78 is 19.8. The van der Waals surface area contributed by atoms with Crippen molar-refractivity contribution >= 4 is 11.7 Å². The molecule has 0 aliphatic carbocycles. The molecule has 5 rings (SSSR count). The molecule has 1 saturated heterocycles. The molecule has 3 heterocycles. The number of likely N-dealkylation sites (tertiary alicyclic amines) is 1. The van der Waals surface area contributed by atoms with Gasteiger partial charge < -0.3 is 20.3 Å². The van der Waals surface area contributed by atoms with Crippen molar-refractivity contribution in [2.75, 3.05) is 32.7 Å². The topological polar surface area (TPSA) is 70.7 Å². The minimum absolute atomic E-state index is 0.135. The Morgan fingerprint density at radius 1 is 1.14 bits per heavy atom. The second-order valence-corrected chi connectivity index (χ2v) is 9.91. The van der Waals surface area contributed by atoms with Crippen LogP contribution in [0, 0.1) is 0 Å². The Labute approximate surface area is 211 Å². The van der Waals surface area contributed by atoms with E-state index in [-0.39, 0.29) is 29.7 Å². The average molecular weight is 490 g/mol. The highest BCUT2D eigenvalue weighted by atomic mass is 19.1. The number of amides is 1. The number of carbonyl (C=O) groups excluding carboxylic acids is 2. The molecule has 36 heavy (non-hydrogen) atoms. The summed E-state index contributed by atoms with van der Waals surface area (Å²) in [5.41, 5.74) is 3.37. The molecule has 0 radical (unpaired) electrons. The summed E-state index contributed by atoms with van der Waals surface area (Å²) in [6.07, 6.45) is 6.05. The largest absolute Gasteiger partial charge is 0.486 e. The molecule has 3 aliphatic rings. The Kier molecular flexibility index (Phi) is 6.92. The fourth-order valence-electron chi connectivity index (χ4n) is 5.24. The molecule has 1 amide bonds. The zero-order valence-electron chi connectivity index (χ0n) is 20.6. The van der Waals surface area contributed by atoms with E-state index < -0.39 is 0 Å². The Hall–Kier alpha value is -3.45. The van der Waals surface area contributed by atoms with E-state index in [4.69, 9.17) is 4.74 Å². The van der Waals surface area contributed by atoms with E-state index in [1.165, 1.54) is 12.3 Å². The number of hydrogen-bond acceptors (Lipinski definition) is 5. The third-order valence-corrected chi connectivity index (χ3v) is 7.26. The number of Topliss-reactive ketones (excluding diaryl/α,β-unsaturated/α-hetero) is 1. The summed E-state index contributed by atoms with van der Waals surface area (Å²) in [6, 6.07) is 13.0. The number of ketones is 1. The van der Waals surface area contributed by atoms with Gasteiger partial charge in [0.25, 0.3) is 5.91 Å². The van der Waals surface area contributed by atoms with E-state index in [1.54, 1.807) is 12.1 Å². The number of rotatable bonds is 6. The van der Waals surface area contributed by atoms with E-state index in [9.17, 15) is 14.0 Å². The summed E-state index contributed by atoms with van der Waals surface area (Å²) in [4.78, 5) is 28.1. The van der Waals surface area contributed by atoms with Gasteiger partial charge in [-0.15, -0.1) is 0 Å². The van der Waals surface area contributed by atoms with Crippen LogP contribution in [0.5, 0.6) is 5.75 Å². The monoisotopic (exact) mass is 489 g/mol. The van der Waals surface area contributed by atoms with Crippen LogP contribution in [0.25, 0.3) is 11.1 Å². The number of benzene rings is 2. The summed E-state index contributed by atoms with van der Waals surface area (Å²) in [5, 5.41) is 5.66. The molecule has 0 saturated carbocycles. The van der Waals surface area contributed by atoms with E-state index >= 15 is 0 Å². The number of carbonyl (C=O) groups is 2. The van der Waals surface area contributed by atoms with Gasteiger partial charge in [0, 0.05) is 50.8 Å². The number of halogens is 1. The van der Waals surface area contributed by atoms with Crippen molar-refractivity contribution in [3.05, 3.63) is 77.3 Å². The molecule has 0 aromatic heterocycles. The number of fused-ring (bicyclic) bond motifs is 1. The van der Waals surface area contributed by atoms with Gasteiger partial charge in [-0.3, -0.25) is 9.59 Å². The first-order chi connectivity index (χ1) is 17.4. The fourth-order valence-corrected chi connectivity index (χ4v) is 5.24. The maximum atomic E-state index is 13.3. The molecular weight excluding hydrogens is 457 g/mol. The van der Waals surface area contributed by atoms with Crippen molar-refractivity contribution < 1.29 is 18.7 Å². The van der Waals surface area contributed by atoms with Gasteiger partial charge in [-0.05, 0) is 60.0 Å². The summed E-state index contributed by atoms with van der Waals surface area (Å²) in [7, 11) is 0. The van der Waals surface area contributed by atoms with Crippen LogP contribution in [0.15, 0.2) is 66.1 Å². The number of ether oxygens (including phenoxy) is 1. The van der Waals surface area contributed by atoms with Crippen molar-refractivity contribution in [1.29, 1.82) is 0 Å². The average Bonchev–Trinajstić information content (AvgIpc) is 2.89. The lowest BCUT2D eigenvalue weighted by molar-refractivity contribution is -0.00886. The molecular formula is C29H32FN3O3. The fraction of sp³-hybridized carbons (Fsp3) is 0.379. The SMILES string of the molecule is CCCN1CCC2(CC1)CC(=O)c1cc(-c3ccc(C(=O)NCC4=CC(F)=CNC4)cc3)ccc1O2. The van der Waals surface area contributed by atoms with Gasteiger partial charge in [-0.2, -0.15) is 0 Å². The highest BCUT2D eigenvalue weighted by Gasteiger charge is 2.42. The second kappa shape index (κ2) is 10.3. The van der Waals surface area contributed by atoms with Gasteiger partial charge in [0.15, 0.2) is 5.78 Å². The molecule has 0 bridgehead atoms. The van der Waals surface area contributed by atoms with E-state index in [2.05, 4.69) is 22.5 Å². The molecule has 7 heteroatoms. The first-order valence-corrected chi connectivity index (χ1v) is 12.7. The Bertz CT molecular complexity index is 1210. The molecule has 3 aliphatic heterocycles. The summed E-state index contributed by atoms with van der Waals surface area (Å²) >= 11 is 0. The number of nitrogens with zero attached hydrogens (tertiary/aromatic N) is 1. The maximum Gasteiger partial charge on any atom is 0.251 e. The lowest BCUT2D eigenvalue weighted by Gasteiger charge is -2.44. The highest BCUT2D eigenvalue weighted by molar-refractivity contribution is 6.01. The molecule has 0 atom stereocenters. The summed E-state index contributed by atoms with van der Waals surface area (Å²) in [6.45, 7) is 6.01. The van der Waals surface area contributed by atoms with Crippen LogP contribution in [-0.4, -0.2) is 54.9 Å². The zero-order chi connectivity index (χ0) is 25.1. The molecule has 2 N–H and O–H groups in total. The lowest BCUT2D eigenvalue weighted by Crippen LogP contribution is -2.51. The highest BCUT2D eigenvalue weighted by Crippen LogP contribution is 2.40. The number of piperidine rings is 1. The quantitative estimate of drug-likeness (QED) is 0.619. The van der Waals surface area contributed by atoms with Crippen LogP contribution in [0.4, 0.5) is 4.39 Å². The van der Waals surface area contributed by atoms with Gasteiger partial charge in [-0.25, -0.2) is 4.39 Å². The van der Waals surface area contributed by atoms with Gasteiger partial charge >= 0.3 is 0 Å². The summed E-state index contributed by atoms with van der Waals surface area (Å²) in [5.74, 6) is 0.238. The Morgan fingerprint density at radius 2 is 1.89 bits per heavy atom. The second-order valence-electron chi connectivity index (χ2n) is 9.91. The molecule has 188 valence electrons. The number of hydrogen-bond donors (Lipinski definition) is 2. The number of allylic oxidation sites excluding steroid dienone is 2. The zero-order valence-corrected chi connectivity index (χ0v) is 20.6. The number of nitrogens with one attached hydrogen (secondary N) is 2. The van der Waals surface area contributed by atoms with Crippen LogP contribution in [0.3, 0.4) is 0 Å². The third-order valence-electron chi connectivity index (χ3n) is 7.26. The minimum atomic E-state index is -0.378. The Morgan fingerprint density at radius 3 is 2.61 bits per heavy atom. The molecule has 2 aromatic carbocycles. The predicted molar refractivity (Wildman–Crippen MR) is 138 cm³/mol. The van der Waals surface area contributed by atoms with Gasteiger partial charge in [-0.1, -0.05) is 25.1 Å². The molecule has 2 aromatic rings. The van der Waals surface area contributed by atoms with Crippen LogP contribution < -0.4 is 15.4 Å². The van der Waals surface area contributed by atoms with Crippen LogP contribution in [0.1, 0.15) is 53.3 Å². The van der Waals surface area contributed by atoms with Crippen LogP contribution >= 0.6 is 0 Å². The van der Waals surface area contributed by atoms with E-state index in [1.807, 2.05) is 30.3 Å². The first-order valence-electron chi connectivity index (χ1n) is 12.7. The smallest absolute Gasteiger partial charge is 0.251 e. The molecule has 1 fully saturated rings. The van der Waals surface area contributed by atoms with Gasteiger partial charge in [0.1, 0.15) is 17.2 Å².